The largest absolute Gasteiger partial charge is 0.363 e. The van der Waals surface area contributed by atoms with Gasteiger partial charge in [0.05, 0.1) is 23.1 Å². The number of benzene rings is 2. The predicted octanol–water partition coefficient (Wildman–Crippen LogP) is 2.37. The van der Waals surface area contributed by atoms with Gasteiger partial charge in [-0.15, -0.1) is 0 Å². The molecule has 0 saturated carbocycles. The number of carbonyl (C=O) groups is 1. The fourth-order valence-corrected chi connectivity index (χ4v) is 3.08. The zero-order chi connectivity index (χ0) is 20.1. The number of anilines is 2. The van der Waals surface area contributed by atoms with E-state index in [2.05, 4.69) is 5.32 Å². The zero-order valence-corrected chi connectivity index (χ0v) is 15.0. The van der Waals surface area contributed by atoms with Crippen LogP contribution in [0.1, 0.15) is 5.56 Å². The van der Waals surface area contributed by atoms with E-state index in [0.717, 1.165) is 0 Å². The molecule has 0 radical (unpaired) electrons. The van der Waals surface area contributed by atoms with Gasteiger partial charge in [0.15, 0.2) is 0 Å². The van der Waals surface area contributed by atoms with Gasteiger partial charge in [0, 0.05) is 37.9 Å². The number of amides is 1. The maximum absolute atomic E-state index is 12.9. The number of halogens is 1. The zero-order valence-electron chi connectivity index (χ0n) is 15.0. The Morgan fingerprint density at radius 1 is 1.18 bits per heavy atom. The summed E-state index contributed by atoms with van der Waals surface area (Å²) in [5.74, 6) is -0.582. The quantitative estimate of drug-likeness (QED) is 0.628. The molecule has 9 heteroatoms. The minimum atomic E-state index is -0.459. The lowest BCUT2D eigenvalue weighted by Gasteiger charge is -2.35. The summed E-state index contributed by atoms with van der Waals surface area (Å²) in [6, 6.07) is 11.8. The molecule has 28 heavy (non-hydrogen) atoms. The molecule has 8 nitrogen and oxygen atoms in total. The van der Waals surface area contributed by atoms with Crippen molar-refractivity contribution in [3.05, 3.63) is 64.0 Å². The van der Waals surface area contributed by atoms with Crippen LogP contribution in [0.15, 0.2) is 42.5 Å². The van der Waals surface area contributed by atoms with Crippen LogP contribution in [0.25, 0.3) is 0 Å². The number of nitro benzene ring substituents is 1. The Morgan fingerprint density at radius 3 is 2.46 bits per heavy atom. The Bertz CT molecular complexity index is 918. The summed E-state index contributed by atoms with van der Waals surface area (Å²) in [5, 5.41) is 23.0. The van der Waals surface area contributed by atoms with Gasteiger partial charge in [-0.05, 0) is 36.4 Å². The topological polar surface area (TPSA) is 103 Å². The lowest BCUT2D eigenvalue weighted by molar-refractivity contribution is -0.384. The fourth-order valence-electron chi connectivity index (χ4n) is 3.08. The highest BCUT2D eigenvalue weighted by Crippen LogP contribution is 2.30. The molecular formula is C19H18FN5O3. The average molecular weight is 383 g/mol. The number of rotatable bonds is 5. The number of hydrogen-bond donors (Lipinski definition) is 1. The van der Waals surface area contributed by atoms with E-state index >= 15 is 0 Å². The monoisotopic (exact) mass is 383 g/mol. The van der Waals surface area contributed by atoms with E-state index in [-0.39, 0.29) is 24.0 Å². The van der Waals surface area contributed by atoms with Crippen LogP contribution in [0.4, 0.5) is 21.5 Å². The van der Waals surface area contributed by atoms with Crippen molar-refractivity contribution in [1.29, 1.82) is 5.26 Å². The summed E-state index contributed by atoms with van der Waals surface area (Å²) < 4.78 is 12.9. The molecule has 1 saturated heterocycles. The minimum Gasteiger partial charge on any atom is -0.363 e. The standard InChI is InChI=1S/C19H18FN5O3/c20-15-2-4-16(5-3-15)22-19(26)13-23-7-9-24(10-8-23)18-11-14(12-21)1-6-17(18)25(27)28/h1-6,11H,7-10,13H2,(H,22,26). The van der Waals surface area contributed by atoms with Gasteiger partial charge in [-0.2, -0.15) is 5.26 Å². The van der Waals surface area contributed by atoms with Crippen LogP contribution < -0.4 is 10.2 Å². The molecule has 2 aromatic rings. The molecule has 3 rings (SSSR count). The normalized spacial score (nSPS) is 14.4. The lowest BCUT2D eigenvalue weighted by atomic mass is 10.1. The van der Waals surface area contributed by atoms with Crippen LogP contribution in [-0.4, -0.2) is 48.5 Å². The van der Waals surface area contributed by atoms with Crippen molar-refractivity contribution in [3.63, 3.8) is 0 Å². The van der Waals surface area contributed by atoms with Crippen LogP contribution in [0.5, 0.6) is 0 Å². The van der Waals surface area contributed by atoms with Crippen molar-refractivity contribution in [2.24, 2.45) is 0 Å². The summed E-state index contributed by atoms with van der Waals surface area (Å²) in [7, 11) is 0. The third-order valence-electron chi connectivity index (χ3n) is 4.51. The van der Waals surface area contributed by atoms with Crippen molar-refractivity contribution < 1.29 is 14.1 Å². The molecule has 2 aromatic carbocycles. The Balaban J connectivity index is 1.59. The van der Waals surface area contributed by atoms with Crippen molar-refractivity contribution in [3.8, 4) is 6.07 Å². The number of nitrogens with zero attached hydrogens (tertiary/aromatic N) is 4. The fraction of sp³-hybridized carbons (Fsp3) is 0.263. The summed E-state index contributed by atoms with van der Waals surface area (Å²) in [4.78, 5) is 26.8. The summed E-state index contributed by atoms with van der Waals surface area (Å²) in [5.41, 5.74) is 1.26. The first-order valence-corrected chi connectivity index (χ1v) is 8.67. The molecule has 0 spiro atoms. The molecule has 1 aliphatic rings. The van der Waals surface area contributed by atoms with E-state index in [1.807, 2.05) is 15.9 Å². The van der Waals surface area contributed by atoms with Crippen LogP contribution in [0, 0.1) is 27.3 Å². The van der Waals surface area contributed by atoms with E-state index < -0.39 is 4.92 Å². The first kappa shape index (κ1) is 19.3. The van der Waals surface area contributed by atoms with Crippen LogP contribution in [-0.2, 0) is 4.79 Å². The number of nitro groups is 1. The third-order valence-corrected chi connectivity index (χ3v) is 4.51. The lowest BCUT2D eigenvalue weighted by Crippen LogP contribution is -2.48. The molecular weight excluding hydrogens is 365 g/mol. The van der Waals surface area contributed by atoms with Crippen molar-refractivity contribution >= 4 is 23.0 Å². The van der Waals surface area contributed by atoms with Gasteiger partial charge in [-0.1, -0.05) is 0 Å². The molecule has 144 valence electrons. The van der Waals surface area contributed by atoms with Crippen LogP contribution in [0.2, 0.25) is 0 Å². The smallest absolute Gasteiger partial charge is 0.292 e. The molecule has 1 amide bonds. The molecule has 0 atom stereocenters. The molecule has 0 aliphatic carbocycles. The summed E-state index contributed by atoms with van der Waals surface area (Å²) in [6.07, 6.45) is 0. The van der Waals surface area contributed by atoms with E-state index in [9.17, 15) is 19.3 Å². The number of nitrogens with one attached hydrogen (secondary N) is 1. The summed E-state index contributed by atoms with van der Waals surface area (Å²) >= 11 is 0. The summed E-state index contributed by atoms with van der Waals surface area (Å²) in [6.45, 7) is 2.26. The highest BCUT2D eigenvalue weighted by molar-refractivity contribution is 5.92. The van der Waals surface area contributed by atoms with Gasteiger partial charge in [0.1, 0.15) is 11.5 Å². The van der Waals surface area contributed by atoms with Gasteiger partial charge in [-0.3, -0.25) is 19.8 Å². The number of nitriles is 1. The second kappa shape index (κ2) is 8.45. The Kier molecular flexibility index (Phi) is 5.81. The van der Waals surface area contributed by atoms with Crippen molar-refractivity contribution in [1.82, 2.24) is 4.90 Å². The average Bonchev–Trinajstić information content (AvgIpc) is 2.69. The first-order chi connectivity index (χ1) is 13.5. The maximum atomic E-state index is 12.9. The molecule has 1 fully saturated rings. The highest BCUT2D eigenvalue weighted by atomic mass is 19.1. The first-order valence-electron chi connectivity index (χ1n) is 8.67. The van der Waals surface area contributed by atoms with E-state index in [1.54, 1.807) is 0 Å². The molecule has 0 bridgehead atoms. The van der Waals surface area contributed by atoms with E-state index in [1.165, 1.54) is 42.5 Å². The Morgan fingerprint density at radius 2 is 1.86 bits per heavy atom. The van der Waals surface area contributed by atoms with E-state index in [4.69, 9.17) is 5.26 Å². The molecule has 1 heterocycles. The van der Waals surface area contributed by atoms with Crippen molar-refractivity contribution in [2.75, 3.05) is 42.9 Å². The van der Waals surface area contributed by atoms with Gasteiger partial charge >= 0.3 is 0 Å². The molecule has 0 unspecified atom stereocenters. The molecule has 1 aliphatic heterocycles. The van der Waals surface area contributed by atoms with Gasteiger partial charge in [0.25, 0.3) is 5.69 Å². The van der Waals surface area contributed by atoms with Gasteiger partial charge in [-0.25, -0.2) is 4.39 Å². The predicted molar refractivity (Wildman–Crippen MR) is 101 cm³/mol. The highest BCUT2D eigenvalue weighted by Gasteiger charge is 2.25. The number of piperazine rings is 1. The number of hydrogen-bond acceptors (Lipinski definition) is 6. The maximum Gasteiger partial charge on any atom is 0.292 e. The Labute approximate surface area is 160 Å². The molecule has 1 N–H and O–H groups in total. The van der Waals surface area contributed by atoms with Crippen molar-refractivity contribution in [2.45, 2.75) is 0 Å². The minimum absolute atomic E-state index is 0.0403. The van der Waals surface area contributed by atoms with Gasteiger partial charge < -0.3 is 10.2 Å². The van der Waals surface area contributed by atoms with E-state index in [0.29, 0.717) is 43.1 Å². The second-order valence-electron chi connectivity index (χ2n) is 6.39. The third kappa shape index (κ3) is 4.61. The SMILES string of the molecule is N#Cc1ccc([N+](=O)[O-])c(N2CCN(CC(=O)Nc3ccc(F)cc3)CC2)c1. The Hall–Kier alpha value is -3.51. The van der Waals surface area contributed by atoms with Crippen LogP contribution >= 0.6 is 0 Å². The van der Waals surface area contributed by atoms with Gasteiger partial charge in [0.2, 0.25) is 5.91 Å². The van der Waals surface area contributed by atoms with Crippen LogP contribution in [0.3, 0.4) is 0 Å². The number of carbonyl (C=O) groups excluding carboxylic acids is 1. The second-order valence-corrected chi connectivity index (χ2v) is 6.39. The molecule has 0 aromatic heterocycles.